The van der Waals surface area contributed by atoms with Crippen LogP contribution in [0.3, 0.4) is 0 Å². The molecule has 4 heteroatoms. The van der Waals surface area contributed by atoms with Gasteiger partial charge in [0.25, 0.3) is 0 Å². The van der Waals surface area contributed by atoms with Crippen LogP contribution in [-0.2, 0) is 5.75 Å². The van der Waals surface area contributed by atoms with Crippen LogP contribution in [0.1, 0.15) is 16.7 Å². The van der Waals surface area contributed by atoms with Crippen LogP contribution < -0.4 is 10.5 Å². The molecule has 2 rings (SSSR count). The van der Waals surface area contributed by atoms with Crippen molar-refractivity contribution in [3.05, 3.63) is 52.8 Å². The fourth-order valence-corrected chi connectivity index (χ4v) is 3.03. The van der Waals surface area contributed by atoms with Crippen molar-refractivity contribution in [3.63, 3.8) is 0 Å². The summed E-state index contributed by atoms with van der Waals surface area (Å²) in [5.74, 6) is 0.916. The van der Waals surface area contributed by atoms with Crippen molar-refractivity contribution >= 4 is 17.4 Å². The maximum atomic E-state index is 13.9. The van der Waals surface area contributed by atoms with Gasteiger partial charge in [-0.3, -0.25) is 0 Å². The van der Waals surface area contributed by atoms with Crippen molar-refractivity contribution in [1.29, 1.82) is 0 Å². The van der Waals surface area contributed by atoms with E-state index in [9.17, 15) is 4.39 Å². The number of anilines is 1. The monoisotopic (exact) mass is 291 g/mol. The first-order chi connectivity index (χ1) is 9.49. The number of hydrogen-bond donors (Lipinski definition) is 1. The van der Waals surface area contributed by atoms with Gasteiger partial charge in [0.05, 0.1) is 12.8 Å². The molecular weight excluding hydrogens is 273 g/mol. The first-order valence-electron chi connectivity index (χ1n) is 6.32. The zero-order chi connectivity index (χ0) is 14.7. The Morgan fingerprint density at radius 1 is 1.10 bits per heavy atom. The topological polar surface area (TPSA) is 35.2 Å². The minimum absolute atomic E-state index is 0.308. The number of ether oxygens (including phenoxy) is 1. The molecule has 2 aromatic rings. The van der Waals surface area contributed by atoms with Crippen molar-refractivity contribution in [2.24, 2.45) is 0 Å². The molecule has 2 N–H and O–H groups in total. The Bertz CT molecular complexity index is 608. The van der Waals surface area contributed by atoms with Gasteiger partial charge in [-0.1, -0.05) is 29.3 Å². The third-order valence-electron chi connectivity index (χ3n) is 2.96. The Kier molecular flexibility index (Phi) is 4.55. The molecule has 0 aliphatic heterocycles. The lowest BCUT2D eigenvalue weighted by atomic mass is 10.1. The summed E-state index contributed by atoms with van der Waals surface area (Å²) in [5, 5.41) is 0. The Hall–Kier alpha value is -1.68. The van der Waals surface area contributed by atoms with E-state index in [0.717, 1.165) is 0 Å². The quantitative estimate of drug-likeness (QED) is 0.673. The van der Waals surface area contributed by atoms with E-state index in [4.69, 9.17) is 10.5 Å². The first-order valence-corrected chi connectivity index (χ1v) is 7.31. The van der Waals surface area contributed by atoms with Crippen LogP contribution in [-0.4, -0.2) is 7.11 Å². The lowest BCUT2D eigenvalue weighted by molar-refractivity contribution is 0.414. The van der Waals surface area contributed by atoms with Gasteiger partial charge < -0.3 is 10.5 Å². The van der Waals surface area contributed by atoms with Gasteiger partial charge in [0.2, 0.25) is 0 Å². The number of benzene rings is 2. The minimum Gasteiger partial charge on any atom is -0.495 e. The van der Waals surface area contributed by atoms with Crippen LogP contribution in [0.25, 0.3) is 0 Å². The molecular formula is C16H18FNOS. The van der Waals surface area contributed by atoms with Gasteiger partial charge >= 0.3 is 0 Å². The van der Waals surface area contributed by atoms with Crippen LogP contribution >= 0.6 is 11.8 Å². The molecule has 2 nitrogen and oxygen atoms in total. The van der Waals surface area contributed by atoms with Crippen molar-refractivity contribution in [3.8, 4) is 5.75 Å². The summed E-state index contributed by atoms with van der Waals surface area (Å²) in [5.41, 5.74) is 9.61. The van der Waals surface area contributed by atoms with Crippen LogP contribution in [0.15, 0.2) is 35.2 Å². The molecule has 2 aromatic carbocycles. The number of thioether (sulfide) groups is 1. The van der Waals surface area contributed by atoms with E-state index in [1.807, 2.05) is 0 Å². The summed E-state index contributed by atoms with van der Waals surface area (Å²) < 4.78 is 19.0. The van der Waals surface area contributed by atoms with E-state index in [1.54, 1.807) is 6.07 Å². The molecule has 20 heavy (non-hydrogen) atoms. The smallest absolute Gasteiger partial charge is 0.143 e. The second kappa shape index (κ2) is 6.18. The zero-order valence-electron chi connectivity index (χ0n) is 11.9. The highest BCUT2D eigenvalue weighted by Gasteiger charge is 2.09. The van der Waals surface area contributed by atoms with Gasteiger partial charge in [-0.05, 0) is 25.5 Å². The minimum atomic E-state index is -0.308. The highest BCUT2D eigenvalue weighted by Crippen LogP contribution is 2.33. The summed E-state index contributed by atoms with van der Waals surface area (Å²) >= 11 is 1.45. The number of methoxy groups -OCH3 is 1. The SMILES string of the molecule is COc1cc(SCc2cc(C)cc(C)c2)c(F)cc1N. The number of nitrogen functional groups attached to an aromatic ring is 1. The maximum Gasteiger partial charge on any atom is 0.143 e. The van der Waals surface area contributed by atoms with Crippen LogP contribution in [0.5, 0.6) is 5.75 Å². The zero-order valence-corrected chi connectivity index (χ0v) is 12.7. The number of rotatable bonds is 4. The van der Waals surface area contributed by atoms with E-state index in [2.05, 4.69) is 32.0 Å². The lowest BCUT2D eigenvalue weighted by Crippen LogP contribution is -1.95. The fraction of sp³-hybridized carbons (Fsp3) is 0.250. The molecule has 0 saturated carbocycles. The maximum absolute atomic E-state index is 13.9. The lowest BCUT2D eigenvalue weighted by Gasteiger charge is -2.09. The van der Waals surface area contributed by atoms with Gasteiger partial charge in [-0.25, -0.2) is 4.39 Å². The molecule has 0 atom stereocenters. The summed E-state index contributed by atoms with van der Waals surface area (Å²) in [7, 11) is 1.53. The summed E-state index contributed by atoms with van der Waals surface area (Å²) in [6.07, 6.45) is 0. The number of hydrogen-bond acceptors (Lipinski definition) is 3. The summed E-state index contributed by atoms with van der Waals surface area (Å²) in [6, 6.07) is 9.32. The van der Waals surface area contributed by atoms with Crippen molar-refractivity contribution in [2.75, 3.05) is 12.8 Å². The van der Waals surface area contributed by atoms with E-state index in [1.165, 1.54) is 41.6 Å². The van der Waals surface area contributed by atoms with Gasteiger partial charge in [-0.15, -0.1) is 11.8 Å². The first kappa shape index (κ1) is 14.7. The van der Waals surface area contributed by atoms with E-state index in [0.29, 0.717) is 22.1 Å². The molecule has 0 saturated heterocycles. The molecule has 0 unspecified atom stereocenters. The summed E-state index contributed by atoms with van der Waals surface area (Å²) in [4.78, 5) is 0.551. The van der Waals surface area contributed by atoms with Crippen molar-refractivity contribution in [1.82, 2.24) is 0 Å². The van der Waals surface area contributed by atoms with E-state index in [-0.39, 0.29) is 5.82 Å². The second-order valence-corrected chi connectivity index (χ2v) is 5.83. The standard InChI is InChI=1S/C16H18FNOS/c1-10-4-11(2)6-12(5-10)9-20-16-8-15(19-3)14(18)7-13(16)17/h4-8H,9,18H2,1-3H3. The molecule has 106 valence electrons. The molecule has 0 bridgehead atoms. The van der Waals surface area contributed by atoms with E-state index >= 15 is 0 Å². The predicted molar refractivity (Wildman–Crippen MR) is 82.8 cm³/mol. The van der Waals surface area contributed by atoms with Crippen LogP contribution in [0, 0.1) is 19.7 Å². The Morgan fingerprint density at radius 2 is 1.75 bits per heavy atom. The average Bonchev–Trinajstić information content (AvgIpc) is 2.36. The Balaban J connectivity index is 2.18. The third kappa shape index (κ3) is 3.45. The fourth-order valence-electron chi connectivity index (χ4n) is 2.15. The van der Waals surface area contributed by atoms with Crippen molar-refractivity contribution < 1.29 is 9.13 Å². The molecule has 0 fully saturated rings. The number of aryl methyl sites for hydroxylation is 2. The highest BCUT2D eigenvalue weighted by molar-refractivity contribution is 7.98. The molecule has 0 aliphatic carbocycles. The van der Waals surface area contributed by atoms with Gasteiger partial charge in [0.15, 0.2) is 0 Å². The summed E-state index contributed by atoms with van der Waals surface area (Å²) in [6.45, 7) is 4.13. The number of nitrogens with two attached hydrogens (primary N) is 1. The van der Waals surface area contributed by atoms with Crippen LogP contribution in [0.2, 0.25) is 0 Å². The highest BCUT2D eigenvalue weighted by atomic mass is 32.2. The molecule has 0 aliphatic rings. The predicted octanol–water partition coefficient (Wildman–Crippen LogP) is 4.33. The average molecular weight is 291 g/mol. The normalized spacial score (nSPS) is 10.6. The Labute approximate surface area is 123 Å². The van der Waals surface area contributed by atoms with Gasteiger partial charge in [-0.2, -0.15) is 0 Å². The number of halogens is 1. The van der Waals surface area contributed by atoms with Gasteiger partial charge in [0.1, 0.15) is 11.6 Å². The van der Waals surface area contributed by atoms with Crippen molar-refractivity contribution in [2.45, 2.75) is 24.5 Å². The molecule has 0 heterocycles. The van der Waals surface area contributed by atoms with Gasteiger partial charge in [0, 0.05) is 16.7 Å². The molecule has 0 aromatic heterocycles. The molecule has 0 spiro atoms. The largest absolute Gasteiger partial charge is 0.495 e. The molecule has 0 amide bonds. The van der Waals surface area contributed by atoms with Crippen LogP contribution in [0.4, 0.5) is 10.1 Å². The van der Waals surface area contributed by atoms with E-state index < -0.39 is 0 Å². The Morgan fingerprint density at radius 3 is 2.35 bits per heavy atom. The second-order valence-electron chi connectivity index (χ2n) is 4.81. The third-order valence-corrected chi connectivity index (χ3v) is 4.06. The molecule has 0 radical (unpaired) electrons.